The second kappa shape index (κ2) is 9.16. The van der Waals surface area contributed by atoms with Gasteiger partial charge in [-0.05, 0) is 85.7 Å². The first-order valence-electron chi connectivity index (χ1n) is 9.56. The van der Waals surface area contributed by atoms with Crippen LogP contribution in [0.4, 0.5) is 5.00 Å². The van der Waals surface area contributed by atoms with Crippen LogP contribution in [0.25, 0.3) is 0 Å². The van der Waals surface area contributed by atoms with Gasteiger partial charge in [0.15, 0.2) is 0 Å². The highest BCUT2D eigenvalue weighted by atomic mass is 79.9. The molecule has 1 aromatic heterocycles. The van der Waals surface area contributed by atoms with Gasteiger partial charge in [-0.3, -0.25) is 0 Å². The maximum atomic E-state index is 9.74. The minimum atomic E-state index is 0.284. The molecular formula is C23H24Br2N2OS. The molecule has 1 aromatic carbocycles. The predicted octanol–water partition coefficient (Wildman–Crippen LogP) is 7.61. The van der Waals surface area contributed by atoms with E-state index in [4.69, 9.17) is 4.74 Å². The number of hydrogen-bond donors (Lipinski definition) is 0. The standard InChI is InChI=1S/C23H24Br2N2OS/c1-5-8-28-21-18(24)9-14(10-19(21)25)13-27-22-17(12-26)16-7-6-15(23(2,3)4)11-20(16)29-22/h5,9-10,13,15H,1,6-8,11H2,2-4H3/t15-/m1/s1. The molecule has 1 atom stereocenters. The van der Waals surface area contributed by atoms with Gasteiger partial charge in [-0.2, -0.15) is 5.26 Å². The average molecular weight is 536 g/mol. The smallest absolute Gasteiger partial charge is 0.148 e. The van der Waals surface area contributed by atoms with Crippen molar-refractivity contribution in [2.45, 2.75) is 40.0 Å². The van der Waals surface area contributed by atoms with E-state index >= 15 is 0 Å². The van der Waals surface area contributed by atoms with Crippen molar-refractivity contribution >= 4 is 54.4 Å². The molecule has 6 heteroatoms. The number of benzene rings is 1. The third-order valence-corrected chi connectivity index (χ3v) is 7.62. The largest absolute Gasteiger partial charge is 0.487 e. The van der Waals surface area contributed by atoms with Crippen molar-refractivity contribution in [2.75, 3.05) is 6.61 Å². The zero-order chi connectivity index (χ0) is 21.2. The van der Waals surface area contributed by atoms with Gasteiger partial charge in [-0.15, -0.1) is 11.3 Å². The lowest BCUT2D eigenvalue weighted by atomic mass is 9.72. The molecule has 1 heterocycles. The molecule has 1 aliphatic carbocycles. The van der Waals surface area contributed by atoms with E-state index in [2.05, 4.69) is 70.3 Å². The Morgan fingerprint density at radius 1 is 1.34 bits per heavy atom. The molecule has 0 radical (unpaired) electrons. The van der Waals surface area contributed by atoms with Crippen molar-refractivity contribution in [2.24, 2.45) is 16.3 Å². The van der Waals surface area contributed by atoms with E-state index in [0.29, 0.717) is 12.5 Å². The molecule has 152 valence electrons. The molecule has 0 amide bonds. The summed E-state index contributed by atoms with van der Waals surface area (Å²) < 4.78 is 7.35. The first-order valence-corrected chi connectivity index (χ1v) is 12.0. The SMILES string of the molecule is C=CCOc1c(Br)cc(C=Nc2sc3c(c2C#N)CC[C@@H](C(C)(C)C)C3)cc1Br. The molecule has 0 saturated heterocycles. The Morgan fingerprint density at radius 2 is 2.03 bits per heavy atom. The van der Waals surface area contributed by atoms with Crippen molar-refractivity contribution < 1.29 is 4.74 Å². The second-order valence-electron chi connectivity index (χ2n) is 8.27. The summed E-state index contributed by atoms with van der Waals surface area (Å²) in [5.74, 6) is 1.38. The highest BCUT2D eigenvalue weighted by Crippen LogP contribution is 2.45. The van der Waals surface area contributed by atoms with Crippen LogP contribution >= 0.6 is 43.2 Å². The van der Waals surface area contributed by atoms with Gasteiger partial charge in [0.05, 0.1) is 14.5 Å². The van der Waals surface area contributed by atoms with E-state index in [1.54, 1.807) is 17.4 Å². The monoisotopic (exact) mass is 534 g/mol. The van der Waals surface area contributed by atoms with Crippen molar-refractivity contribution in [3.63, 3.8) is 0 Å². The van der Waals surface area contributed by atoms with Crippen molar-refractivity contribution in [1.82, 2.24) is 0 Å². The molecule has 1 aliphatic rings. The fourth-order valence-electron chi connectivity index (χ4n) is 3.58. The van der Waals surface area contributed by atoms with Gasteiger partial charge in [0.2, 0.25) is 0 Å². The Hall–Kier alpha value is -1.42. The Bertz CT molecular complexity index is 973. The Kier molecular flexibility index (Phi) is 7.03. The van der Waals surface area contributed by atoms with Gasteiger partial charge >= 0.3 is 0 Å². The van der Waals surface area contributed by atoms with E-state index in [9.17, 15) is 5.26 Å². The number of thiophene rings is 1. The molecule has 0 spiro atoms. The molecular weight excluding hydrogens is 512 g/mol. The van der Waals surface area contributed by atoms with Crippen LogP contribution in [0, 0.1) is 22.7 Å². The molecule has 0 N–H and O–H groups in total. The van der Waals surface area contributed by atoms with Crippen LogP contribution in [0.2, 0.25) is 0 Å². The summed E-state index contributed by atoms with van der Waals surface area (Å²) in [5, 5.41) is 10.5. The van der Waals surface area contributed by atoms with Crippen LogP contribution in [0.5, 0.6) is 5.75 Å². The lowest BCUT2D eigenvalue weighted by Crippen LogP contribution is -2.26. The highest BCUT2D eigenvalue weighted by Gasteiger charge is 2.32. The highest BCUT2D eigenvalue weighted by molar-refractivity contribution is 9.11. The molecule has 0 aliphatic heterocycles. The number of fused-ring (bicyclic) bond motifs is 1. The summed E-state index contributed by atoms with van der Waals surface area (Å²) >= 11 is 8.78. The van der Waals surface area contributed by atoms with E-state index in [1.165, 1.54) is 10.4 Å². The summed E-state index contributed by atoms with van der Waals surface area (Å²) in [7, 11) is 0. The molecule has 3 nitrogen and oxygen atoms in total. The van der Waals surface area contributed by atoms with Gasteiger partial charge in [-0.25, -0.2) is 4.99 Å². The van der Waals surface area contributed by atoms with Crippen molar-refractivity contribution in [1.29, 1.82) is 5.26 Å². The van der Waals surface area contributed by atoms with Crippen molar-refractivity contribution in [3.05, 3.63) is 55.3 Å². The second-order valence-corrected chi connectivity index (χ2v) is 11.1. The van der Waals surface area contributed by atoms with E-state index in [-0.39, 0.29) is 5.41 Å². The number of halogens is 2. The average Bonchev–Trinajstić information content (AvgIpc) is 3.01. The molecule has 2 aromatic rings. The Labute approximate surface area is 193 Å². The molecule has 0 bridgehead atoms. The summed E-state index contributed by atoms with van der Waals surface area (Å²) in [6.07, 6.45) is 6.67. The summed E-state index contributed by atoms with van der Waals surface area (Å²) in [5.41, 5.74) is 3.17. The van der Waals surface area contributed by atoms with E-state index in [0.717, 1.165) is 50.1 Å². The van der Waals surface area contributed by atoms with Crippen LogP contribution in [-0.2, 0) is 12.8 Å². The topological polar surface area (TPSA) is 45.4 Å². The number of nitrogens with zero attached hydrogens (tertiary/aromatic N) is 2. The summed E-state index contributed by atoms with van der Waals surface area (Å²) in [6, 6.07) is 6.32. The molecule has 0 saturated carbocycles. The maximum absolute atomic E-state index is 9.74. The van der Waals surface area contributed by atoms with Crippen LogP contribution in [0.1, 0.15) is 48.8 Å². The fourth-order valence-corrected chi connectivity index (χ4v) is 6.26. The lowest BCUT2D eigenvalue weighted by molar-refractivity contribution is 0.218. The van der Waals surface area contributed by atoms with Crippen molar-refractivity contribution in [3.8, 4) is 11.8 Å². The van der Waals surface area contributed by atoms with Crippen LogP contribution in [-0.4, -0.2) is 12.8 Å². The minimum absolute atomic E-state index is 0.284. The Balaban J connectivity index is 1.88. The number of aliphatic imine (C=N–C) groups is 1. The van der Waals surface area contributed by atoms with E-state index < -0.39 is 0 Å². The lowest BCUT2D eigenvalue weighted by Gasteiger charge is -2.33. The van der Waals surface area contributed by atoms with Gasteiger partial charge in [0.1, 0.15) is 23.4 Å². The van der Waals surface area contributed by atoms with Gasteiger partial charge in [0.25, 0.3) is 0 Å². The quantitative estimate of drug-likeness (QED) is 0.292. The molecule has 0 fully saturated rings. The van der Waals surface area contributed by atoms with Crippen LogP contribution < -0.4 is 4.74 Å². The number of nitriles is 1. The van der Waals surface area contributed by atoms with Gasteiger partial charge in [-0.1, -0.05) is 33.4 Å². The molecule has 29 heavy (non-hydrogen) atoms. The normalized spacial score (nSPS) is 16.5. The third-order valence-electron chi connectivity index (χ3n) is 5.28. The fraction of sp³-hybridized carbons (Fsp3) is 0.391. The number of ether oxygens (including phenoxy) is 1. The molecule has 3 rings (SSSR count). The van der Waals surface area contributed by atoms with Gasteiger partial charge in [0, 0.05) is 11.1 Å². The maximum Gasteiger partial charge on any atom is 0.148 e. The Morgan fingerprint density at radius 3 is 2.62 bits per heavy atom. The first kappa shape index (κ1) is 22.3. The van der Waals surface area contributed by atoms with E-state index in [1.807, 2.05) is 18.3 Å². The first-order chi connectivity index (χ1) is 13.7. The zero-order valence-electron chi connectivity index (χ0n) is 16.9. The van der Waals surface area contributed by atoms with Crippen LogP contribution in [0.3, 0.4) is 0 Å². The number of rotatable bonds is 5. The molecule has 0 unspecified atom stereocenters. The zero-order valence-corrected chi connectivity index (χ0v) is 20.9. The minimum Gasteiger partial charge on any atom is -0.487 e. The third kappa shape index (κ3) is 5.02. The van der Waals surface area contributed by atoms with Crippen LogP contribution in [0.15, 0.2) is 38.7 Å². The summed E-state index contributed by atoms with van der Waals surface area (Å²) in [6.45, 7) is 11.0. The summed E-state index contributed by atoms with van der Waals surface area (Å²) in [4.78, 5) is 6.01. The predicted molar refractivity (Wildman–Crippen MR) is 129 cm³/mol. The number of hydrogen-bond acceptors (Lipinski definition) is 4. The van der Waals surface area contributed by atoms with Gasteiger partial charge < -0.3 is 4.74 Å².